The van der Waals surface area contributed by atoms with Gasteiger partial charge in [-0.1, -0.05) is 80.5 Å². The van der Waals surface area contributed by atoms with Crippen LogP contribution in [0.4, 0.5) is 0 Å². The van der Waals surface area contributed by atoms with E-state index in [1.807, 2.05) is 45.0 Å². The fraction of sp³-hybridized carbons (Fsp3) is 0.455. The van der Waals surface area contributed by atoms with E-state index < -0.39 is 0 Å². The third-order valence-electron chi connectivity index (χ3n) is 7.50. The first-order valence-electron chi connectivity index (χ1n) is 13.7. The summed E-state index contributed by atoms with van der Waals surface area (Å²) in [4.78, 5) is 0. The van der Waals surface area contributed by atoms with E-state index in [2.05, 4.69) is 24.3 Å². The van der Waals surface area contributed by atoms with E-state index in [-0.39, 0.29) is 0 Å². The molecule has 2 fully saturated rings. The first kappa shape index (κ1) is 27.6. The van der Waals surface area contributed by atoms with Crippen LogP contribution in [0.3, 0.4) is 0 Å². The third-order valence-corrected chi connectivity index (χ3v) is 7.50. The summed E-state index contributed by atoms with van der Waals surface area (Å²) in [5, 5.41) is 28.4. The van der Waals surface area contributed by atoms with Crippen LogP contribution in [-0.2, 0) is 0 Å². The topological polar surface area (TPSA) is 60.7 Å². The van der Waals surface area contributed by atoms with E-state index in [0.29, 0.717) is 29.1 Å². The van der Waals surface area contributed by atoms with E-state index in [4.69, 9.17) is 5.11 Å². The van der Waals surface area contributed by atoms with Crippen molar-refractivity contribution in [2.45, 2.75) is 96.8 Å². The standard InChI is InChI=1S/2C13H18O.C7H8O/c2*1-10-7-8-12(13(14)9-10)11-5-3-2-4-6-11;1-6-2-4-7(8)5-3-6/h2*7-9,11,14H,2-6H2,1H3;2-5,8H,1H3. The molecule has 36 heavy (non-hydrogen) atoms. The van der Waals surface area contributed by atoms with Gasteiger partial charge in [-0.3, -0.25) is 0 Å². The Bertz CT molecular complexity index is 972. The maximum Gasteiger partial charge on any atom is 0.119 e. The van der Waals surface area contributed by atoms with Crippen LogP contribution in [0.25, 0.3) is 0 Å². The van der Waals surface area contributed by atoms with Gasteiger partial charge in [0.2, 0.25) is 0 Å². The lowest BCUT2D eigenvalue weighted by Crippen LogP contribution is -2.04. The van der Waals surface area contributed by atoms with Crippen LogP contribution in [-0.4, -0.2) is 15.3 Å². The van der Waals surface area contributed by atoms with Crippen LogP contribution in [0.15, 0.2) is 60.7 Å². The van der Waals surface area contributed by atoms with Gasteiger partial charge < -0.3 is 15.3 Å². The van der Waals surface area contributed by atoms with Gasteiger partial charge in [0.15, 0.2) is 0 Å². The van der Waals surface area contributed by atoms with E-state index in [1.54, 1.807) is 12.1 Å². The molecule has 3 nitrogen and oxygen atoms in total. The summed E-state index contributed by atoms with van der Waals surface area (Å²) in [5.74, 6) is 2.53. The number of aromatic hydroxyl groups is 3. The molecule has 0 aliphatic heterocycles. The van der Waals surface area contributed by atoms with Gasteiger partial charge in [-0.05, 0) is 105 Å². The lowest BCUT2D eigenvalue weighted by atomic mass is 9.83. The Balaban J connectivity index is 0.000000157. The van der Waals surface area contributed by atoms with E-state index in [9.17, 15) is 10.2 Å². The quantitative estimate of drug-likeness (QED) is 0.337. The zero-order valence-corrected chi connectivity index (χ0v) is 22.3. The highest BCUT2D eigenvalue weighted by molar-refractivity contribution is 5.39. The van der Waals surface area contributed by atoms with Crippen molar-refractivity contribution in [3.8, 4) is 17.2 Å². The summed E-state index contributed by atoms with van der Waals surface area (Å²) in [6, 6.07) is 19.2. The summed E-state index contributed by atoms with van der Waals surface area (Å²) < 4.78 is 0. The van der Waals surface area contributed by atoms with E-state index in [0.717, 1.165) is 22.3 Å². The smallest absolute Gasteiger partial charge is 0.119 e. The number of benzene rings is 3. The first-order chi connectivity index (χ1) is 17.3. The molecule has 3 aromatic rings. The molecule has 2 aliphatic rings. The number of hydrogen-bond donors (Lipinski definition) is 3. The van der Waals surface area contributed by atoms with Gasteiger partial charge in [-0.2, -0.15) is 0 Å². The Hall–Kier alpha value is -2.94. The number of aryl methyl sites for hydroxylation is 3. The normalized spacial score (nSPS) is 16.3. The van der Waals surface area contributed by atoms with Gasteiger partial charge in [-0.25, -0.2) is 0 Å². The second kappa shape index (κ2) is 14.0. The van der Waals surface area contributed by atoms with Crippen LogP contribution in [0.5, 0.6) is 17.2 Å². The molecule has 0 saturated heterocycles. The van der Waals surface area contributed by atoms with Crippen molar-refractivity contribution in [2.75, 3.05) is 0 Å². The second-order valence-corrected chi connectivity index (χ2v) is 10.6. The predicted molar refractivity (Wildman–Crippen MR) is 150 cm³/mol. The van der Waals surface area contributed by atoms with Crippen LogP contribution < -0.4 is 0 Å². The Morgan fingerprint density at radius 1 is 0.472 bits per heavy atom. The lowest BCUT2D eigenvalue weighted by molar-refractivity contribution is 0.414. The first-order valence-corrected chi connectivity index (χ1v) is 13.7. The zero-order valence-electron chi connectivity index (χ0n) is 22.3. The van der Waals surface area contributed by atoms with Crippen molar-refractivity contribution in [1.29, 1.82) is 0 Å². The van der Waals surface area contributed by atoms with Crippen molar-refractivity contribution in [3.63, 3.8) is 0 Å². The molecule has 3 heteroatoms. The van der Waals surface area contributed by atoms with Crippen molar-refractivity contribution < 1.29 is 15.3 Å². The maximum atomic E-state index is 9.84. The lowest BCUT2D eigenvalue weighted by Gasteiger charge is -2.22. The molecular weight excluding hydrogens is 444 g/mol. The number of rotatable bonds is 2. The number of phenolic OH excluding ortho intramolecular Hbond substituents is 3. The fourth-order valence-corrected chi connectivity index (χ4v) is 5.37. The Kier molecular flexibility index (Phi) is 10.7. The molecule has 0 bridgehead atoms. The second-order valence-electron chi connectivity index (χ2n) is 10.6. The Morgan fingerprint density at radius 3 is 1.17 bits per heavy atom. The molecule has 0 amide bonds. The number of hydrogen-bond acceptors (Lipinski definition) is 3. The Morgan fingerprint density at radius 2 is 0.833 bits per heavy atom. The van der Waals surface area contributed by atoms with Crippen molar-refractivity contribution >= 4 is 0 Å². The molecule has 0 spiro atoms. The van der Waals surface area contributed by atoms with Gasteiger partial charge in [0.25, 0.3) is 0 Å². The van der Waals surface area contributed by atoms with Gasteiger partial charge >= 0.3 is 0 Å². The predicted octanol–water partition coefficient (Wildman–Crippen LogP) is 9.20. The highest BCUT2D eigenvalue weighted by Crippen LogP contribution is 2.38. The molecule has 0 aromatic heterocycles. The average Bonchev–Trinajstić information content (AvgIpc) is 2.88. The Labute approximate surface area is 217 Å². The average molecular weight is 489 g/mol. The maximum absolute atomic E-state index is 9.84. The van der Waals surface area contributed by atoms with E-state index >= 15 is 0 Å². The molecule has 0 heterocycles. The molecule has 194 valence electrons. The molecule has 0 atom stereocenters. The summed E-state index contributed by atoms with van der Waals surface area (Å²) in [7, 11) is 0. The zero-order chi connectivity index (χ0) is 25.9. The summed E-state index contributed by atoms with van der Waals surface area (Å²) >= 11 is 0. The molecule has 0 radical (unpaired) electrons. The van der Waals surface area contributed by atoms with Crippen LogP contribution >= 0.6 is 0 Å². The third kappa shape index (κ3) is 8.62. The molecular formula is C33H44O3. The number of phenols is 3. The van der Waals surface area contributed by atoms with Crippen LogP contribution in [0, 0.1) is 20.8 Å². The molecule has 5 rings (SSSR count). The minimum absolute atomic E-state index is 0.329. The van der Waals surface area contributed by atoms with Crippen molar-refractivity contribution in [2.24, 2.45) is 0 Å². The van der Waals surface area contributed by atoms with Crippen LogP contribution in [0.1, 0.15) is 104 Å². The monoisotopic (exact) mass is 488 g/mol. The van der Waals surface area contributed by atoms with E-state index in [1.165, 1.54) is 69.8 Å². The molecule has 2 aliphatic carbocycles. The highest BCUT2D eigenvalue weighted by atomic mass is 16.3. The molecule has 3 aromatic carbocycles. The molecule has 2 saturated carbocycles. The summed E-state index contributed by atoms with van der Waals surface area (Å²) in [6.45, 7) is 6.02. The minimum Gasteiger partial charge on any atom is -0.508 e. The fourth-order valence-electron chi connectivity index (χ4n) is 5.37. The highest BCUT2D eigenvalue weighted by Gasteiger charge is 2.19. The molecule has 3 N–H and O–H groups in total. The van der Waals surface area contributed by atoms with Gasteiger partial charge in [0.1, 0.15) is 17.2 Å². The minimum atomic E-state index is 0.329. The summed E-state index contributed by atoms with van der Waals surface area (Å²) in [6.07, 6.45) is 13.0. The molecule has 0 unspecified atom stereocenters. The SMILES string of the molecule is Cc1ccc(C2CCCCC2)c(O)c1.Cc1ccc(C2CCCCC2)c(O)c1.Cc1ccc(O)cc1. The van der Waals surface area contributed by atoms with Crippen LogP contribution in [0.2, 0.25) is 0 Å². The largest absolute Gasteiger partial charge is 0.508 e. The van der Waals surface area contributed by atoms with Gasteiger partial charge in [0.05, 0.1) is 0 Å². The summed E-state index contributed by atoms with van der Waals surface area (Å²) in [5.41, 5.74) is 5.78. The van der Waals surface area contributed by atoms with Gasteiger partial charge in [0, 0.05) is 0 Å². The van der Waals surface area contributed by atoms with Crippen molar-refractivity contribution in [1.82, 2.24) is 0 Å². The van der Waals surface area contributed by atoms with Gasteiger partial charge in [-0.15, -0.1) is 0 Å². The van der Waals surface area contributed by atoms with Crippen molar-refractivity contribution in [3.05, 3.63) is 88.5 Å².